The molecule has 1 aliphatic carbocycles. The molecule has 1 aliphatic rings. The second kappa shape index (κ2) is 8.51. The molecule has 0 amide bonds. The Bertz CT molecular complexity index is 586. The third kappa shape index (κ3) is 4.68. The molecule has 0 spiro atoms. The summed E-state index contributed by atoms with van der Waals surface area (Å²) in [5.74, 6) is -0.688. The van der Waals surface area contributed by atoms with Crippen molar-refractivity contribution in [3.05, 3.63) is 41.6 Å². The highest BCUT2D eigenvalue weighted by Gasteiger charge is 2.28. The SMILES string of the molecule is CCOC(=O)C(=CNc1ccccc1C)C(=O)C1CCCCC1. The van der Waals surface area contributed by atoms with Gasteiger partial charge < -0.3 is 10.1 Å². The topological polar surface area (TPSA) is 55.4 Å². The van der Waals surface area contributed by atoms with E-state index in [2.05, 4.69) is 5.32 Å². The van der Waals surface area contributed by atoms with E-state index in [1.54, 1.807) is 6.92 Å². The van der Waals surface area contributed by atoms with Gasteiger partial charge in [-0.15, -0.1) is 0 Å². The number of rotatable bonds is 6. The summed E-state index contributed by atoms with van der Waals surface area (Å²) in [6, 6.07) is 7.75. The molecule has 0 aliphatic heterocycles. The average Bonchev–Trinajstić information content (AvgIpc) is 2.57. The molecule has 1 saturated carbocycles. The number of hydrogen-bond acceptors (Lipinski definition) is 4. The first-order valence-corrected chi connectivity index (χ1v) is 8.37. The number of benzene rings is 1. The first-order valence-electron chi connectivity index (χ1n) is 8.37. The predicted molar refractivity (Wildman–Crippen MR) is 91.1 cm³/mol. The quantitative estimate of drug-likeness (QED) is 0.373. The van der Waals surface area contributed by atoms with E-state index in [9.17, 15) is 9.59 Å². The molecule has 4 nitrogen and oxygen atoms in total. The number of carbonyl (C=O) groups excluding carboxylic acids is 2. The number of hydrogen-bond donors (Lipinski definition) is 1. The number of esters is 1. The van der Waals surface area contributed by atoms with Crippen LogP contribution in [0.1, 0.15) is 44.6 Å². The zero-order valence-electron chi connectivity index (χ0n) is 13.9. The van der Waals surface area contributed by atoms with Crippen LogP contribution < -0.4 is 5.32 Å². The maximum absolute atomic E-state index is 12.7. The molecule has 0 unspecified atom stereocenters. The summed E-state index contributed by atoms with van der Waals surface area (Å²) >= 11 is 0. The number of Topliss-reactive ketones (excluding diaryl/α,β-unsaturated/α-hetero) is 1. The summed E-state index contributed by atoms with van der Waals surface area (Å²) in [6.07, 6.45) is 6.51. The van der Waals surface area contributed by atoms with Gasteiger partial charge in [0, 0.05) is 17.8 Å². The Kier molecular flexibility index (Phi) is 6.39. The van der Waals surface area contributed by atoms with Crippen LogP contribution in [0.4, 0.5) is 5.69 Å². The van der Waals surface area contributed by atoms with Gasteiger partial charge in [-0.2, -0.15) is 0 Å². The Balaban J connectivity index is 2.19. The number of ether oxygens (including phenoxy) is 1. The van der Waals surface area contributed by atoms with Crippen molar-refractivity contribution < 1.29 is 14.3 Å². The number of ketones is 1. The first-order chi connectivity index (χ1) is 11.1. The Labute approximate surface area is 137 Å². The fraction of sp³-hybridized carbons (Fsp3) is 0.474. The van der Waals surface area contributed by atoms with Crippen LogP contribution in [-0.2, 0) is 14.3 Å². The zero-order valence-corrected chi connectivity index (χ0v) is 13.9. The van der Waals surface area contributed by atoms with E-state index >= 15 is 0 Å². The molecule has 124 valence electrons. The van der Waals surface area contributed by atoms with E-state index in [1.807, 2.05) is 31.2 Å². The predicted octanol–water partition coefficient (Wildman–Crippen LogP) is 4.00. The van der Waals surface area contributed by atoms with Crippen molar-refractivity contribution in [2.45, 2.75) is 46.0 Å². The second-order valence-corrected chi connectivity index (χ2v) is 5.94. The van der Waals surface area contributed by atoms with Gasteiger partial charge in [0.05, 0.1) is 6.61 Å². The molecule has 1 aromatic carbocycles. The molecule has 0 heterocycles. The standard InChI is InChI=1S/C19H25NO3/c1-3-23-19(22)16(18(21)15-10-5-4-6-11-15)13-20-17-12-8-7-9-14(17)2/h7-9,12-13,15,20H,3-6,10-11H2,1-2H3. The first kappa shape index (κ1) is 17.3. The van der Waals surface area contributed by atoms with Gasteiger partial charge in [0.25, 0.3) is 0 Å². The summed E-state index contributed by atoms with van der Waals surface area (Å²) in [5.41, 5.74) is 2.06. The summed E-state index contributed by atoms with van der Waals surface area (Å²) in [5, 5.41) is 3.09. The summed E-state index contributed by atoms with van der Waals surface area (Å²) < 4.78 is 5.07. The van der Waals surface area contributed by atoms with E-state index in [0.717, 1.165) is 36.9 Å². The number of aryl methyl sites for hydroxylation is 1. The van der Waals surface area contributed by atoms with Crippen LogP contribution in [0.5, 0.6) is 0 Å². The molecule has 4 heteroatoms. The van der Waals surface area contributed by atoms with Gasteiger partial charge in [-0.3, -0.25) is 4.79 Å². The van der Waals surface area contributed by atoms with Gasteiger partial charge in [0.15, 0.2) is 5.78 Å². The Hall–Kier alpha value is -2.10. The Morgan fingerprint density at radius 1 is 1.22 bits per heavy atom. The maximum atomic E-state index is 12.7. The third-order valence-electron chi connectivity index (χ3n) is 4.25. The van der Waals surface area contributed by atoms with Crippen molar-refractivity contribution in [2.75, 3.05) is 11.9 Å². The van der Waals surface area contributed by atoms with Crippen LogP contribution in [-0.4, -0.2) is 18.4 Å². The van der Waals surface area contributed by atoms with Crippen molar-refractivity contribution in [3.8, 4) is 0 Å². The molecule has 0 radical (unpaired) electrons. The Morgan fingerprint density at radius 3 is 2.57 bits per heavy atom. The monoisotopic (exact) mass is 315 g/mol. The van der Waals surface area contributed by atoms with Gasteiger partial charge in [0.2, 0.25) is 0 Å². The highest BCUT2D eigenvalue weighted by atomic mass is 16.5. The highest BCUT2D eigenvalue weighted by Crippen LogP contribution is 2.27. The number of carbonyl (C=O) groups is 2. The second-order valence-electron chi connectivity index (χ2n) is 5.94. The fourth-order valence-corrected chi connectivity index (χ4v) is 2.91. The van der Waals surface area contributed by atoms with Gasteiger partial charge in [-0.25, -0.2) is 4.79 Å². The van der Waals surface area contributed by atoms with Gasteiger partial charge in [0.1, 0.15) is 5.57 Å². The van der Waals surface area contributed by atoms with Gasteiger partial charge in [-0.05, 0) is 38.3 Å². The van der Waals surface area contributed by atoms with E-state index in [0.29, 0.717) is 0 Å². The van der Waals surface area contributed by atoms with Crippen LogP contribution in [0.25, 0.3) is 0 Å². The third-order valence-corrected chi connectivity index (χ3v) is 4.25. The molecular weight excluding hydrogens is 290 g/mol. The lowest BCUT2D eigenvalue weighted by molar-refractivity contribution is -0.140. The summed E-state index contributed by atoms with van der Waals surface area (Å²) in [6.45, 7) is 3.98. The minimum atomic E-state index is -0.538. The normalized spacial score (nSPS) is 16.0. The minimum absolute atomic E-state index is 0.0573. The molecule has 1 N–H and O–H groups in total. The number of anilines is 1. The molecule has 0 aromatic heterocycles. The summed E-state index contributed by atoms with van der Waals surface area (Å²) in [4.78, 5) is 24.9. The van der Waals surface area contributed by atoms with E-state index in [4.69, 9.17) is 4.74 Å². The molecule has 0 atom stereocenters. The van der Waals surface area contributed by atoms with Gasteiger partial charge >= 0.3 is 5.97 Å². The van der Waals surface area contributed by atoms with E-state index in [-0.39, 0.29) is 23.9 Å². The van der Waals surface area contributed by atoms with Crippen molar-refractivity contribution in [1.29, 1.82) is 0 Å². The van der Waals surface area contributed by atoms with E-state index < -0.39 is 5.97 Å². The molecular formula is C19H25NO3. The van der Waals surface area contributed by atoms with Crippen LogP contribution in [0.3, 0.4) is 0 Å². The largest absolute Gasteiger partial charge is 0.462 e. The lowest BCUT2D eigenvalue weighted by atomic mass is 9.84. The van der Waals surface area contributed by atoms with Crippen LogP contribution in [0.2, 0.25) is 0 Å². The van der Waals surface area contributed by atoms with Crippen molar-refractivity contribution in [2.24, 2.45) is 5.92 Å². The molecule has 2 rings (SSSR count). The van der Waals surface area contributed by atoms with Gasteiger partial charge in [-0.1, -0.05) is 37.5 Å². The molecule has 0 saturated heterocycles. The molecule has 1 fully saturated rings. The van der Waals surface area contributed by atoms with Crippen LogP contribution in [0, 0.1) is 12.8 Å². The number of para-hydroxylation sites is 1. The van der Waals surface area contributed by atoms with Crippen molar-refractivity contribution in [1.82, 2.24) is 0 Å². The molecule has 23 heavy (non-hydrogen) atoms. The minimum Gasteiger partial charge on any atom is -0.462 e. The van der Waals surface area contributed by atoms with Crippen LogP contribution >= 0.6 is 0 Å². The zero-order chi connectivity index (χ0) is 16.7. The lowest BCUT2D eigenvalue weighted by Crippen LogP contribution is -2.25. The molecule has 0 bridgehead atoms. The lowest BCUT2D eigenvalue weighted by Gasteiger charge is -2.21. The van der Waals surface area contributed by atoms with Crippen molar-refractivity contribution >= 4 is 17.4 Å². The van der Waals surface area contributed by atoms with Crippen molar-refractivity contribution in [3.63, 3.8) is 0 Å². The van der Waals surface area contributed by atoms with Crippen LogP contribution in [0.15, 0.2) is 36.0 Å². The Morgan fingerprint density at radius 2 is 1.91 bits per heavy atom. The fourth-order valence-electron chi connectivity index (χ4n) is 2.91. The molecule has 1 aromatic rings. The number of nitrogens with one attached hydrogen (secondary N) is 1. The smallest absolute Gasteiger partial charge is 0.343 e. The van der Waals surface area contributed by atoms with E-state index in [1.165, 1.54) is 12.6 Å². The average molecular weight is 315 g/mol. The highest BCUT2D eigenvalue weighted by molar-refractivity contribution is 6.18. The summed E-state index contributed by atoms with van der Waals surface area (Å²) in [7, 11) is 0. The maximum Gasteiger partial charge on any atom is 0.343 e.